The van der Waals surface area contributed by atoms with Crippen LogP contribution >= 0.6 is 15.9 Å². The SMILES string of the molecule is COc1ccc(C(=O)NCCCN=[N+]=[N-])cc1Br. The van der Waals surface area contributed by atoms with E-state index in [0.29, 0.717) is 30.8 Å². The number of nitrogens with one attached hydrogen (secondary N) is 1. The van der Waals surface area contributed by atoms with Gasteiger partial charge >= 0.3 is 0 Å². The number of benzene rings is 1. The standard InChI is InChI=1S/C11H13BrN4O2/c1-18-10-4-3-8(7-9(10)12)11(17)14-5-2-6-15-16-13/h3-4,7H,2,5-6H2,1H3,(H,14,17). The number of azide groups is 1. The molecule has 0 saturated heterocycles. The Kier molecular flexibility index (Phi) is 6.04. The normalized spacial score (nSPS) is 9.44. The molecule has 0 aliphatic carbocycles. The summed E-state index contributed by atoms with van der Waals surface area (Å²) in [6.07, 6.45) is 0.618. The average molecular weight is 313 g/mol. The molecule has 0 heterocycles. The van der Waals surface area contributed by atoms with Gasteiger partial charge in [0.15, 0.2) is 0 Å². The Morgan fingerprint density at radius 3 is 3.00 bits per heavy atom. The highest BCUT2D eigenvalue weighted by Gasteiger charge is 2.07. The molecule has 1 aromatic carbocycles. The van der Waals surface area contributed by atoms with E-state index in [0.717, 1.165) is 4.47 Å². The van der Waals surface area contributed by atoms with Crippen molar-refractivity contribution in [3.05, 3.63) is 38.7 Å². The monoisotopic (exact) mass is 312 g/mol. The molecule has 1 aromatic rings. The molecular weight excluding hydrogens is 300 g/mol. The van der Waals surface area contributed by atoms with Crippen molar-refractivity contribution in [2.75, 3.05) is 20.2 Å². The van der Waals surface area contributed by atoms with Crippen molar-refractivity contribution in [1.29, 1.82) is 0 Å². The first kappa shape index (κ1) is 14.3. The topological polar surface area (TPSA) is 87.1 Å². The Morgan fingerprint density at radius 2 is 2.39 bits per heavy atom. The highest BCUT2D eigenvalue weighted by atomic mass is 79.9. The van der Waals surface area contributed by atoms with E-state index in [9.17, 15) is 4.79 Å². The number of halogens is 1. The molecule has 0 atom stereocenters. The summed E-state index contributed by atoms with van der Waals surface area (Å²) in [6, 6.07) is 5.10. The van der Waals surface area contributed by atoms with Gasteiger partial charge in [0.05, 0.1) is 11.6 Å². The van der Waals surface area contributed by atoms with E-state index in [4.69, 9.17) is 10.3 Å². The Labute approximate surface area is 113 Å². The molecule has 1 rings (SSSR count). The van der Waals surface area contributed by atoms with Crippen LogP contribution in [0.1, 0.15) is 16.8 Å². The predicted octanol–water partition coefficient (Wildman–Crippen LogP) is 2.89. The van der Waals surface area contributed by atoms with E-state index in [1.807, 2.05) is 0 Å². The van der Waals surface area contributed by atoms with E-state index in [1.54, 1.807) is 25.3 Å². The summed E-state index contributed by atoms with van der Waals surface area (Å²) >= 11 is 3.32. The van der Waals surface area contributed by atoms with Crippen LogP contribution in [-0.2, 0) is 0 Å². The lowest BCUT2D eigenvalue weighted by Crippen LogP contribution is -2.24. The zero-order valence-electron chi connectivity index (χ0n) is 9.89. The molecule has 0 fully saturated rings. The largest absolute Gasteiger partial charge is 0.496 e. The van der Waals surface area contributed by atoms with Gasteiger partial charge in [0, 0.05) is 23.6 Å². The van der Waals surface area contributed by atoms with Gasteiger partial charge < -0.3 is 10.1 Å². The van der Waals surface area contributed by atoms with Gasteiger partial charge in [-0.05, 0) is 46.1 Å². The van der Waals surface area contributed by atoms with Crippen LogP contribution in [0.4, 0.5) is 0 Å². The minimum absolute atomic E-state index is 0.167. The van der Waals surface area contributed by atoms with Crippen LogP contribution in [0.3, 0.4) is 0 Å². The van der Waals surface area contributed by atoms with Crippen molar-refractivity contribution < 1.29 is 9.53 Å². The van der Waals surface area contributed by atoms with Crippen LogP contribution in [0.25, 0.3) is 10.4 Å². The minimum Gasteiger partial charge on any atom is -0.496 e. The highest BCUT2D eigenvalue weighted by Crippen LogP contribution is 2.25. The maximum atomic E-state index is 11.8. The summed E-state index contributed by atoms with van der Waals surface area (Å²) in [6.45, 7) is 0.852. The second kappa shape index (κ2) is 7.58. The zero-order valence-corrected chi connectivity index (χ0v) is 11.5. The number of hydrogen-bond donors (Lipinski definition) is 1. The van der Waals surface area contributed by atoms with E-state index in [-0.39, 0.29) is 5.91 Å². The smallest absolute Gasteiger partial charge is 0.251 e. The van der Waals surface area contributed by atoms with Crippen molar-refractivity contribution >= 4 is 21.8 Å². The third-order valence-corrected chi connectivity index (χ3v) is 2.82. The van der Waals surface area contributed by atoms with Crippen LogP contribution in [-0.4, -0.2) is 26.1 Å². The summed E-state index contributed by atoms with van der Waals surface area (Å²) in [5.74, 6) is 0.509. The van der Waals surface area contributed by atoms with Crippen molar-refractivity contribution in [3.63, 3.8) is 0 Å². The summed E-state index contributed by atoms with van der Waals surface area (Å²) in [7, 11) is 1.57. The van der Waals surface area contributed by atoms with E-state index >= 15 is 0 Å². The molecule has 0 unspecified atom stereocenters. The van der Waals surface area contributed by atoms with Gasteiger partial charge in [-0.1, -0.05) is 5.11 Å². The van der Waals surface area contributed by atoms with Gasteiger partial charge in [-0.25, -0.2) is 0 Å². The number of carbonyl (C=O) groups excluding carboxylic acids is 1. The highest BCUT2D eigenvalue weighted by molar-refractivity contribution is 9.10. The second-order valence-corrected chi connectivity index (χ2v) is 4.27. The summed E-state index contributed by atoms with van der Waals surface area (Å²) in [4.78, 5) is 14.4. The third-order valence-electron chi connectivity index (χ3n) is 2.20. The van der Waals surface area contributed by atoms with Gasteiger partial charge in [-0.2, -0.15) is 0 Å². The molecular formula is C11H13BrN4O2. The number of rotatable bonds is 6. The molecule has 0 aliphatic rings. The molecule has 0 radical (unpaired) electrons. The van der Waals surface area contributed by atoms with Crippen LogP contribution in [0.5, 0.6) is 5.75 Å². The van der Waals surface area contributed by atoms with Gasteiger partial charge in [0.1, 0.15) is 5.75 Å². The number of methoxy groups -OCH3 is 1. The molecule has 1 N–H and O–H groups in total. The first-order valence-electron chi connectivity index (χ1n) is 5.31. The molecule has 0 saturated carbocycles. The fourth-order valence-electron chi connectivity index (χ4n) is 1.31. The molecule has 0 aliphatic heterocycles. The average Bonchev–Trinajstić information content (AvgIpc) is 2.38. The molecule has 1 amide bonds. The van der Waals surface area contributed by atoms with Crippen molar-refractivity contribution in [3.8, 4) is 5.75 Å². The van der Waals surface area contributed by atoms with E-state index in [2.05, 4.69) is 31.3 Å². The molecule has 6 nitrogen and oxygen atoms in total. The van der Waals surface area contributed by atoms with Gasteiger partial charge in [-0.15, -0.1) is 0 Å². The first-order valence-corrected chi connectivity index (χ1v) is 6.11. The van der Waals surface area contributed by atoms with E-state index < -0.39 is 0 Å². The molecule has 0 aromatic heterocycles. The lowest BCUT2D eigenvalue weighted by atomic mass is 10.2. The Morgan fingerprint density at radius 1 is 1.61 bits per heavy atom. The molecule has 7 heteroatoms. The Balaban J connectivity index is 2.51. The number of hydrogen-bond acceptors (Lipinski definition) is 3. The van der Waals surface area contributed by atoms with Crippen LogP contribution in [0.15, 0.2) is 27.8 Å². The minimum atomic E-state index is -0.167. The fraction of sp³-hybridized carbons (Fsp3) is 0.364. The molecule has 0 bridgehead atoms. The summed E-state index contributed by atoms with van der Waals surface area (Å²) in [5.41, 5.74) is 8.63. The third kappa shape index (κ3) is 4.27. The fourth-order valence-corrected chi connectivity index (χ4v) is 1.85. The predicted molar refractivity (Wildman–Crippen MR) is 71.7 cm³/mol. The van der Waals surface area contributed by atoms with Crippen LogP contribution < -0.4 is 10.1 Å². The summed E-state index contributed by atoms with van der Waals surface area (Å²) in [5, 5.41) is 6.12. The maximum absolute atomic E-state index is 11.8. The second-order valence-electron chi connectivity index (χ2n) is 3.41. The Hall–Kier alpha value is -1.72. The number of amides is 1. The zero-order chi connectivity index (χ0) is 13.4. The van der Waals surface area contributed by atoms with Crippen molar-refractivity contribution in [1.82, 2.24) is 5.32 Å². The molecule has 18 heavy (non-hydrogen) atoms. The lowest BCUT2D eigenvalue weighted by Gasteiger charge is -2.07. The molecule has 0 spiro atoms. The maximum Gasteiger partial charge on any atom is 0.251 e. The van der Waals surface area contributed by atoms with Crippen molar-refractivity contribution in [2.24, 2.45) is 5.11 Å². The quantitative estimate of drug-likeness (QED) is 0.379. The van der Waals surface area contributed by atoms with Crippen LogP contribution in [0.2, 0.25) is 0 Å². The van der Waals surface area contributed by atoms with Gasteiger partial charge in [0.2, 0.25) is 0 Å². The van der Waals surface area contributed by atoms with Gasteiger partial charge in [-0.3, -0.25) is 4.79 Å². The van der Waals surface area contributed by atoms with Crippen LogP contribution in [0, 0.1) is 0 Å². The van der Waals surface area contributed by atoms with E-state index in [1.165, 1.54) is 0 Å². The number of ether oxygens (including phenoxy) is 1. The van der Waals surface area contributed by atoms with Crippen molar-refractivity contribution in [2.45, 2.75) is 6.42 Å². The van der Waals surface area contributed by atoms with Gasteiger partial charge in [0.25, 0.3) is 5.91 Å². The lowest BCUT2D eigenvalue weighted by molar-refractivity contribution is 0.0953. The first-order chi connectivity index (χ1) is 8.69. The number of carbonyl (C=O) groups is 1. The Bertz CT molecular complexity index is 472. The molecule has 96 valence electrons. The number of nitrogens with zero attached hydrogens (tertiary/aromatic N) is 3. The summed E-state index contributed by atoms with van der Waals surface area (Å²) < 4.78 is 5.81.